The number of oxime groups is 1. The van der Waals surface area contributed by atoms with Gasteiger partial charge in [0.05, 0.1) is 6.54 Å². The molecule has 0 aliphatic heterocycles. The molecule has 0 unspecified atom stereocenters. The number of aliphatic hydroxyl groups is 2. The summed E-state index contributed by atoms with van der Waals surface area (Å²) in [7, 11) is 0. The van der Waals surface area contributed by atoms with Crippen LogP contribution in [-0.4, -0.2) is 57.1 Å². The lowest BCUT2D eigenvalue weighted by Gasteiger charge is -2.21. The fourth-order valence-corrected chi connectivity index (χ4v) is 1.62. The van der Waals surface area contributed by atoms with Crippen LogP contribution in [0.4, 0.5) is 9.59 Å². The minimum absolute atomic E-state index is 0.243. The highest BCUT2D eigenvalue weighted by Gasteiger charge is 2.14. The standard InChI is InChI=1S/C12H22N2O6S2/c1-9(13-19-11(17)21-2)14(20-12(18)22-3)8-6-4-5-7-10(15)16/h10,15-16H,4-8H2,1-3H3/b13-9+. The first-order valence-electron chi connectivity index (χ1n) is 6.59. The van der Waals surface area contributed by atoms with E-state index < -0.39 is 16.9 Å². The third-order valence-corrected chi connectivity index (χ3v) is 3.27. The van der Waals surface area contributed by atoms with Gasteiger partial charge >= 0.3 is 10.6 Å². The molecule has 0 aliphatic rings. The summed E-state index contributed by atoms with van der Waals surface area (Å²) in [6.45, 7) is 1.92. The van der Waals surface area contributed by atoms with Crippen molar-refractivity contribution in [3.8, 4) is 0 Å². The van der Waals surface area contributed by atoms with Gasteiger partial charge < -0.3 is 19.9 Å². The Morgan fingerprint density at radius 2 is 1.77 bits per heavy atom. The molecule has 0 aromatic heterocycles. The summed E-state index contributed by atoms with van der Waals surface area (Å²) in [5, 5.41) is 21.3. The number of nitrogens with zero attached hydrogens (tertiary/aromatic N) is 2. The summed E-state index contributed by atoms with van der Waals surface area (Å²) in [5.41, 5.74) is 0. The molecule has 0 atom stereocenters. The van der Waals surface area contributed by atoms with E-state index in [-0.39, 0.29) is 5.84 Å². The Bertz CT molecular complexity index is 379. The quantitative estimate of drug-likeness (QED) is 0.178. The molecule has 2 N–H and O–H groups in total. The van der Waals surface area contributed by atoms with Crippen molar-refractivity contribution in [1.82, 2.24) is 5.06 Å². The molecule has 128 valence electrons. The van der Waals surface area contributed by atoms with Crippen molar-refractivity contribution in [2.75, 3.05) is 19.1 Å². The number of hydrogen-bond donors (Lipinski definition) is 2. The highest BCUT2D eigenvalue weighted by Crippen LogP contribution is 2.09. The second kappa shape index (κ2) is 12.6. The van der Waals surface area contributed by atoms with Crippen LogP contribution in [-0.2, 0) is 9.68 Å². The van der Waals surface area contributed by atoms with Gasteiger partial charge in [-0.05, 0) is 55.3 Å². The molecule has 0 bridgehead atoms. The number of aliphatic hydroxyl groups excluding tert-OH is 1. The van der Waals surface area contributed by atoms with Crippen LogP contribution in [0.2, 0.25) is 0 Å². The van der Waals surface area contributed by atoms with Gasteiger partial charge in [-0.15, -0.1) is 0 Å². The molecule has 0 amide bonds. The predicted octanol–water partition coefficient (Wildman–Crippen LogP) is 2.41. The maximum atomic E-state index is 11.4. The molecular formula is C12H22N2O6S2. The van der Waals surface area contributed by atoms with Crippen LogP contribution >= 0.6 is 23.5 Å². The number of thioether (sulfide) groups is 2. The Kier molecular flexibility index (Phi) is 12.0. The van der Waals surface area contributed by atoms with Gasteiger partial charge in [0.1, 0.15) is 0 Å². The maximum Gasteiger partial charge on any atom is 0.393 e. The topological polar surface area (TPSA) is 109 Å². The van der Waals surface area contributed by atoms with Crippen molar-refractivity contribution < 1.29 is 29.5 Å². The van der Waals surface area contributed by atoms with E-state index in [2.05, 4.69) is 9.99 Å². The Labute approximate surface area is 138 Å². The normalized spacial score (nSPS) is 11.5. The molecule has 0 spiro atoms. The van der Waals surface area contributed by atoms with Crippen molar-refractivity contribution in [1.29, 1.82) is 0 Å². The van der Waals surface area contributed by atoms with Crippen LogP contribution in [0.5, 0.6) is 0 Å². The van der Waals surface area contributed by atoms with Crippen LogP contribution in [0.3, 0.4) is 0 Å². The first-order valence-corrected chi connectivity index (χ1v) is 9.04. The second-order valence-corrected chi connectivity index (χ2v) is 5.64. The first kappa shape index (κ1) is 21.0. The Morgan fingerprint density at radius 1 is 1.14 bits per heavy atom. The predicted molar refractivity (Wildman–Crippen MR) is 86.5 cm³/mol. The Morgan fingerprint density at radius 3 is 2.32 bits per heavy atom. The smallest absolute Gasteiger partial charge is 0.368 e. The van der Waals surface area contributed by atoms with E-state index >= 15 is 0 Å². The van der Waals surface area contributed by atoms with Gasteiger partial charge in [-0.25, -0.2) is 9.59 Å². The monoisotopic (exact) mass is 354 g/mol. The molecule has 0 fully saturated rings. The van der Waals surface area contributed by atoms with Gasteiger partial charge in [0.15, 0.2) is 12.1 Å². The summed E-state index contributed by atoms with van der Waals surface area (Å²) < 4.78 is 0. The minimum Gasteiger partial charge on any atom is -0.368 e. The SMILES string of the molecule is CSC(=O)O/N=C(\C)N(CCCCCC(O)O)OC(=O)SC. The van der Waals surface area contributed by atoms with Gasteiger partial charge in [0.2, 0.25) is 0 Å². The number of hydrogen-bond acceptors (Lipinski definition) is 9. The third-order valence-electron chi connectivity index (χ3n) is 2.45. The van der Waals surface area contributed by atoms with Gasteiger partial charge in [-0.3, -0.25) is 0 Å². The molecule has 0 aliphatic carbocycles. The van der Waals surface area contributed by atoms with E-state index in [1.54, 1.807) is 19.4 Å². The molecule has 10 heteroatoms. The molecule has 0 rings (SSSR count). The van der Waals surface area contributed by atoms with Crippen molar-refractivity contribution in [3.05, 3.63) is 0 Å². The summed E-state index contributed by atoms with van der Waals surface area (Å²) in [6.07, 6.45) is 4.15. The molecule has 0 aromatic rings. The fourth-order valence-electron chi connectivity index (χ4n) is 1.35. The lowest BCUT2D eigenvalue weighted by Crippen LogP contribution is -2.32. The minimum atomic E-state index is -1.31. The van der Waals surface area contributed by atoms with Crippen molar-refractivity contribution in [2.45, 2.75) is 38.9 Å². The van der Waals surface area contributed by atoms with Crippen LogP contribution in [0, 0.1) is 0 Å². The molecule has 0 saturated heterocycles. The van der Waals surface area contributed by atoms with Crippen LogP contribution < -0.4 is 0 Å². The van der Waals surface area contributed by atoms with Crippen LogP contribution in [0.25, 0.3) is 0 Å². The maximum absolute atomic E-state index is 11.4. The Balaban J connectivity index is 4.41. The number of rotatable bonds is 7. The lowest BCUT2D eigenvalue weighted by atomic mass is 10.2. The summed E-state index contributed by atoms with van der Waals surface area (Å²) >= 11 is 1.79. The van der Waals surface area contributed by atoms with E-state index in [0.717, 1.165) is 29.9 Å². The van der Waals surface area contributed by atoms with E-state index in [1.165, 1.54) is 5.06 Å². The highest BCUT2D eigenvalue weighted by atomic mass is 32.2. The van der Waals surface area contributed by atoms with Crippen LogP contribution in [0.1, 0.15) is 32.6 Å². The van der Waals surface area contributed by atoms with Crippen molar-refractivity contribution in [2.24, 2.45) is 5.16 Å². The Hall–Kier alpha value is -0.970. The van der Waals surface area contributed by atoms with Gasteiger partial charge in [-0.1, -0.05) is 11.6 Å². The van der Waals surface area contributed by atoms with E-state index in [0.29, 0.717) is 25.8 Å². The first-order chi connectivity index (χ1) is 10.4. The molecule has 0 aromatic carbocycles. The van der Waals surface area contributed by atoms with E-state index in [9.17, 15) is 9.59 Å². The lowest BCUT2D eigenvalue weighted by molar-refractivity contribution is -0.0475. The molecule has 0 heterocycles. The fraction of sp³-hybridized carbons (Fsp3) is 0.750. The zero-order chi connectivity index (χ0) is 17.0. The summed E-state index contributed by atoms with van der Waals surface area (Å²) in [6, 6.07) is 0. The van der Waals surface area contributed by atoms with Gasteiger partial charge in [0.25, 0.3) is 0 Å². The highest BCUT2D eigenvalue weighted by molar-refractivity contribution is 8.12. The number of carbonyl (C=O) groups excluding carboxylic acids is 2. The average molecular weight is 354 g/mol. The molecule has 0 saturated carbocycles. The third kappa shape index (κ3) is 10.7. The molecule has 22 heavy (non-hydrogen) atoms. The summed E-state index contributed by atoms with van der Waals surface area (Å²) in [4.78, 5) is 32.1. The van der Waals surface area contributed by atoms with Gasteiger partial charge in [0, 0.05) is 6.92 Å². The second-order valence-electron chi connectivity index (χ2n) is 4.16. The van der Waals surface area contributed by atoms with E-state index in [4.69, 9.17) is 15.1 Å². The number of carbonyl (C=O) groups is 2. The molecule has 0 radical (unpaired) electrons. The van der Waals surface area contributed by atoms with Crippen molar-refractivity contribution in [3.63, 3.8) is 0 Å². The number of unbranched alkanes of at least 4 members (excludes halogenated alkanes) is 2. The van der Waals surface area contributed by atoms with Crippen LogP contribution in [0.15, 0.2) is 5.16 Å². The molecular weight excluding hydrogens is 332 g/mol. The summed E-state index contributed by atoms with van der Waals surface area (Å²) in [5.74, 6) is 0.243. The largest absolute Gasteiger partial charge is 0.393 e. The van der Waals surface area contributed by atoms with Crippen molar-refractivity contribution >= 4 is 40.0 Å². The zero-order valence-electron chi connectivity index (χ0n) is 12.9. The van der Waals surface area contributed by atoms with Gasteiger partial charge in [-0.2, -0.15) is 5.06 Å². The number of hydroxylamine groups is 2. The molecule has 8 nitrogen and oxygen atoms in total. The van der Waals surface area contributed by atoms with E-state index in [1.807, 2.05) is 0 Å². The number of amidine groups is 1. The average Bonchev–Trinajstić information content (AvgIpc) is 2.49. The zero-order valence-corrected chi connectivity index (χ0v) is 14.5.